The van der Waals surface area contributed by atoms with Gasteiger partial charge in [-0.3, -0.25) is 9.59 Å². The van der Waals surface area contributed by atoms with E-state index in [1.807, 2.05) is 0 Å². The fourth-order valence-electron chi connectivity index (χ4n) is 2.41. The van der Waals surface area contributed by atoms with Crippen LogP contribution in [0.4, 0.5) is 16.2 Å². The molecule has 22 heavy (non-hydrogen) atoms. The van der Waals surface area contributed by atoms with E-state index in [0.717, 1.165) is 9.80 Å². The fourth-order valence-corrected chi connectivity index (χ4v) is 2.41. The van der Waals surface area contributed by atoms with E-state index < -0.39 is 23.8 Å². The summed E-state index contributed by atoms with van der Waals surface area (Å²) in [6.07, 6.45) is 0. The Kier molecular flexibility index (Phi) is 3.47. The summed E-state index contributed by atoms with van der Waals surface area (Å²) in [5.74, 6) is -1.92. The molecule has 0 aromatic heterocycles. The third kappa shape index (κ3) is 2.16. The van der Waals surface area contributed by atoms with Crippen LogP contribution in [0.2, 0.25) is 0 Å². The van der Waals surface area contributed by atoms with E-state index in [2.05, 4.69) is 0 Å². The Labute approximate surface area is 127 Å². The molecule has 1 fully saturated rings. The Hall–Kier alpha value is -2.95. The molecule has 110 valence electrons. The average Bonchev–Trinajstić information content (AvgIpc) is 2.55. The number of urea groups is 1. The van der Waals surface area contributed by atoms with Gasteiger partial charge in [0, 0.05) is 0 Å². The standard InChI is InChI=1S/C17H14N2O3/c1-12-15(20)18(13-8-4-2-5-9-13)17(22)19(16(12)21)14-10-6-3-7-11-14/h2-12H,1H3. The SMILES string of the molecule is CC1C(=O)N(c2ccccc2)C(=O)N(c2ccccc2)C1=O. The molecule has 0 radical (unpaired) electrons. The Bertz CT molecular complexity index is 667. The van der Waals surface area contributed by atoms with Crippen molar-refractivity contribution in [3.63, 3.8) is 0 Å². The number of rotatable bonds is 2. The maximum Gasteiger partial charge on any atom is 0.342 e. The van der Waals surface area contributed by atoms with Crippen molar-refractivity contribution in [2.45, 2.75) is 6.92 Å². The van der Waals surface area contributed by atoms with E-state index in [-0.39, 0.29) is 0 Å². The summed E-state index contributed by atoms with van der Waals surface area (Å²) < 4.78 is 0. The summed E-state index contributed by atoms with van der Waals surface area (Å²) in [6, 6.07) is 16.6. The first-order chi connectivity index (χ1) is 10.6. The number of para-hydroxylation sites is 2. The lowest BCUT2D eigenvalue weighted by Gasteiger charge is -2.35. The van der Waals surface area contributed by atoms with Gasteiger partial charge in [-0.05, 0) is 31.2 Å². The quantitative estimate of drug-likeness (QED) is 0.800. The van der Waals surface area contributed by atoms with Gasteiger partial charge in [-0.2, -0.15) is 0 Å². The van der Waals surface area contributed by atoms with Crippen molar-refractivity contribution < 1.29 is 14.4 Å². The number of carbonyl (C=O) groups excluding carboxylic acids is 3. The lowest BCUT2D eigenvalue weighted by Crippen LogP contribution is -2.59. The van der Waals surface area contributed by atoms with Crippen molar-refractivity contribution in [1.82, 2.24) is 0 Å². The maximum absolute atomic E-state index is 12.7. The van der Waals surface area contributed by atoms with Crippen LogP contribution in [-0.2, 0) is 9.59 Å². The Balaban J connectivity index is 2.07. The molecule has 2 aromatic rings. The first-order valence-electron chi connectivity index (χ1n) is 6.93. The Morgan fingerprint density at radius 1 is 0.682 bits per heavy atom. The molecule has 1 aliphatic heterocycles. The molecule has 1 heterocycles. The fraction of sp³-hybridized carbons (Fsp3) is 0.118. The average molecular weight is 294 g/mol. The second-order valence-electron chi connectivity index (χ2n) is 5.02. The third-order valence-electron chi connectivity index (χ3n) is 3.59. The highest BCUT2D eigenvalue weighted by atomic mass is 16.2. The molecule has 2 aromatic carbocycles. The number of carbonyl (C=O) groups is 3. The van der Waals surface area contributed by atoms with E-state index in [1.165, 1.54) is 6.92 Å². The van der Waals surface area contributed by atoms with Crippen molar-refractivity contribution in [2.75, 3.05) is 9.80 Å². The van der Waals surface area contributed by atoms with E-state index in [1.54, 1.807) is 60.7 Å². The molecule has 0 N–H and O–H groups in total. The van der Waals surface area contributed by atoms with Crippen molar-refractivity contribution >= 4 is 29.2 Å². The van der Waals surface area contributed by atoms with Gasteiger partial charge in [0.15, 0.2) is 0 Å². The molecule has 1 aliphatic rings. The number of hydrogen-bond donors (Lipinski definition) is 0. The van der Waals surface area contributed by atoms with Gasteiger partial charge >= 0.3 is 6.03 Å². The van der Waals surface area contributed by atoms with Crippen LogP contribution in [0.15, 0.2) is 60.7 Å². The van der Waals surface area contributed by atoms with Gasteiger partial charge in [0.1, 0.15) is 5.92 Å². The number of anilines is 2. The molecule has 5 heteroatoms. The highest BCUT2D eigenvalue weighted by molar-refractivity contribution is 6.36. The van der Waals surface area contributed by atoms with Gasteiger partial charge in [-0.25, -0.2) is 14.6 Å². The number of nitrogens with zero attached hydrogens (tertiary/aromatic N) is 2. The van der Waals surface area contributed by atoms with Crippen LogP contribution in [-0.4, -0.2) is 17.8 Å². The van der Waals surface area contributed by atoms with Crippen LogP contribution >= 0.6 is 0 Å². The van der Waals surface area contributed by atoms with Crippen molar-refractivity contribution in [3.8, 4) is 0 Å². The monoisotopic (exact) mass is 294 g/mol. The van der Waals surface area contributed by atoms with Crippen LogP contribution in [0, 0.1) is 5.92 Å². The zero-order chi connectivity index (χ0) is 15.7. The van der Waals surface area contributed by atoms with Gasteiger partial charge < -0.3 is 0 Å². The Morgan fingerprint density at radius 3 is 1.41 bits per heavy atom. The molecule has 3 rings (SSSR count). The smallest absolute Gasteiger partial charge is 0.273 e. The maximum atomic E-state index is 12.7. The number of benzene rings is 2. The lowest BCUT2D eigenvalue weighted by atomic mass is 10.0. The second-order valence-corrected chi connectivity index (χ2v) is 5.02. The van der Waals surface area contributed by atoms with Gasteiger partial charge in [-0.1, -0.05) is 36.4 Å². The zero-order valence-corrected chi connectivity index (χ0v) is 12.0. The summed E-state index contributed by atoms with van der Waals surface area (Å²) in [5.41, 5.74) is 0.913. The number of barbiturate groups is 1. The van der Waals surface area contributed by atoms with Crippen molar-refractivity contribution in [3.05, 3.63) is 60.7 Å². The first-order valence-corrected chi connectivity index (χ1v) is 6.93. The molecule has 0 atom stereocenters. The predicted octanol–water partition coefficient (Wildman–Crippen LogP) is 2.82. The largest absolute Gasteiger partial charge is 0.342 e. The van der Waals surface area contributed by atoms with Crippen LogP contribution in [0.25, 0.3) is 0 Å². The Morgan fingerprint density at radius 2 is 1.05 bits per heavy atom. The molecule has 0 spiro atoms. The summed E-state index contributed by atoms with van der Waals surface area (Å²) in [5, 5.41) is 0. The van der Waals surface area contributed by atoms with E-state index >= 15 is 0 Å². The van der Waals surface area contributed by atoms with Gasteiger partial charge in [0.2, 0.25) is 11.8 Å². The second kappa shape index (κ2) is 5.44. The molecule has 0 unspecified atom stereocenters. The highest BCUT2D eigenvalue weighted by Gasteiger charge is 2.44. The van der Waals surface area contributed by atoms with Gasteiger partial charge in [0.05, 0.1) is 11.4 Å². The van der Waals surface area contributed by atoms with Crippen LogP contribution < -0.4 is 9.80 Å². The molecule has 0 aliphatic carbocycles. The first kappa shape index (κ1) is 14.0. The minimum Gasteiger partial charge on any atom is -0.273 e. The molecule has 0 bridgehead atoms. The summed E-state index contributed by atoms with van der Waals surface area (Å²) in [7, 11) is 0. The minimum atomic E-state index is -0.905. The summed E-state index contributed by atoms with van der Waals surface area (Å²) >= 11 is 0. The van der Waals surface area contributed by atoms with E-state index in [0.29, 0.717) is 11.4 Å². The minimum absolute atomic E-state index is 0.456. The summed E-state index contributed by atoms with van der Waals surface area (Å²) in [6.45, 7) is 1.52. The van der Waals surface area contributed by atoms with Crippen LogP contribution in [0.5, 0.6) is 0 Å². The topological polar surface area (TPSA) is 57.7 Å². The number of hydrogen-bond acceptors (Lipinski definition) is 3. The predicted molar refractivity (Wildman–Crippen MR) is 82.4 cm³/mol. The van der Waals surface area contributed by atoms with Gasteiger partial charge in [0.25, 0.3) is 0 Å². The lowest BCUT2D eigenvalue weighted by molar-refractivity contribution is -0.131. The van der Waals surface area contributed by atoms with Crippen molar-refractivity contribution in [2.24, 2.45) is 5.92 Å². The summed E-state index contributed by atoms with van der Waals surface area (Å²) in [4.78, 5) is 39.6. The van der Waals surface area contributed by atoms with Crippen LogP contribution in [0.1, 0.15) is 6.92 Å². The molecule has 0 saturated carbocycles. The molecule has 1 saturated heterocycles. The van der Waals surface area contributed by atoms with Crippen molar-refractivity contribution in [1.29, 1.82) is 0 Å². The van der Waals surface area contributed by atoms with Crippen LogP contribution in [0.3, 0.4) is 0 Å². The van der Waals surface area contributed by atoms with Gasteiger partial charge in [-0.15, -0.1) is 0 Å². The number of imide groups is 2. The highest BCUT2D eigenvalue weighted by Crippen LogP contribution is 2.28. The third-order valence-corrected chi connectivity index (χ3v) is 3.59. The molecular formula is C17H14N2O3. The molecular weight excluding hydrogens is 280 g/mol. The normalized spacial score (nSPS) is 16.3. The van der Waals surface area contributed by atoms with E-state index in [9.17, 15) is 14.4 Å². The zero-order valence-electron chi connectivity index (χ0n) is 12.0. The van der Waals surface area contributed by atoms with E-state index in [4.69, 9.17) is 0 Å². The molecule has 4 amide bonds. The number of amides is 4. The molecule has 5 nitrogen and oxygen atoms in total.